The highest BCUT2D eigenvalue weighted by Crippen LogP contribution is 2.31. The molecule has 0 amide bonds. The molecule has 0 unspecified atom stereocenters. The van der Waals surface area contributed by atoms with Gasteiger partial charge >= 0.3 is 0 Å². The van der Waals surface area contributed by atoms with Gasteiger partial charge in [0.15, 0.2) is 5.79 Å². The summed E-state index contributed by atoms with van der Waals surface area (Å²) in [5.74, 6) is 0.924. The molecule has 7 heteroatoms. The Bertz CT molecular complexity index is 276. The summed E-state index contributed by atoms with van der Waals surface area (Å²) in [5.41, 5.74) is 0. The predicted molar refractivity (Wildman–Crippen MR) is 83.0 cm³/mol. The van der Waals surface area contributed by atoms with E-state index in [9.17, 15) is 15.3 Å². The van der Waals surface area contributed by atoms with Crippen LogP contribution in [0.25, 0.3) is 0 Å². The molecule has 0 radical (unpaired) electrons. The second kappa shape index (κ2) is 8.22. The van der Waals surface area contributed by atoms with E-state index in [1.54, 1.807) is 37.4 Å². The molecule has 120 valence electrons. The van der Waals surface area contributed by atoms with Crippen LogP contribution in [0.5, 0.6) is 0 Å². The largest absolute Gasteiger partial charge is 0.388 e. The van der Waals surface area contributed by atoms with Gasteiger partial charge in [-0.3, -0.25) is 0 Å². The van der Waals surface area contributed by atoms with Crippen LogP contribution >= 0.6 is 23.5 Å². The molecular weight excluding hydrogens is 300 g/mol. The van der Waals surface area contributed by atoms with Gasteiger partial charge < -0.3 is 24.8 Å². The van der Waals surface area contributed by atoms with Crippen LogP contribution in [0.4, 0.5) is 0 Å². The number of hydrogen-bond donors (Lipinski definition) is 3. The van der Waals surface area contributed by atoms with Gasteiger partial charge in [-0.2, -0.15) is 0 Å². The first kappa shape index (κ1) is 18.5. The quantitative estimate of drug-likeness (QED) is 0.575. The Labute approximate surface area is 129 Å². The first-order valence-electron chi connectivity index (χ1n) is 6.91. The zero-order chi connectivity index (χ0) is 15.3. The Balaban J connectivity index is 2.60. The summed E-state index contributed by atoms with van der Waals surface area (Å²) >= 11 is 3.13. The smallest absolute Gasteiger partial charge is 0.163 e. The van der Waals surface area contributed by atoms with Crippen LogP contribution in [0.3, 0.4) is 0 Å². The van der Waals surface area contributed by atoms with E-state index in [0.29, 0.717) is 0 Å². The molecule has 4 atom stereocenters. The van der Waals surface area contributed by atoms with Crippen LogP contribution in [0.1, 0.15) is 27.7 Å². The molecule has 0 spiro atoms. The summed E-state index contributed by atoms with van der Waals surface area (Å²) in [6, 6.07) is 0. The Morgan fingerprint density at radius 2 is 1.65 bits per heavy atom. The van der Waals surface area contributed by atoms with E-state index >= 15 is 0 Å². The second-order valence-corrected chi connectivity index (χ2v) is 8.25. The Morgan fingerprint density at radius 3 is 2.05 bits per heavy atom. The highest BCUT2D eigenvalue weighted by atomic mass is 32.2. The maximum absolute atomic E-state index is 10.3. The molecule has 0 aromatic rings. The van der Waals surface area contributed by atoms with E-state index in [1.807, 2.05) is 13.8 Å². The molecule has 0 saturated carbocycles. The lowest BCUT2D eigenvalue weighted by Crippen LogP contribution is -2.48. The van der Waals surface area contributed by atoms with Crippen molar-refractivity contribution >= 4 is 23.5 Å². The van der Waals surface area contributed by atoms with E-state index in [0.717, 1.165) is 11.5 Å². The van der Waals surface area contributed by atoms with Crippen molar-refractivity contribution in [3.8, 4) is 0 Å². The number of hydrogen-bond acceptors (Lipinski definition) is 7. The van der Waals surface area contributed by atoms with Crippen molar-refractivity contribution in [3.63, 3.8) is 0 Å². The van der Waals surface area contributed by atoms with Crippen molar-refractivity contribution in [3.05, 3.63) is 0 Å². The summed E-state index contributed by atoms with van der Waals surface area (Å²) in [5, 5.41) is 30.6. The number of thioether (sulfide) groups is 2. The third kappa shape index (κ3) is 5.05. The Morgan fingerprint density at radius 1 is 1.10 bits per heavy atom. The van der Waals surface area contributed by atoms with Crippen LogP contribution in [-0.4, -0.2) is 68.2 Å². The molecular formula is C13H26O5S2. The van der Waals surface area contributed by atoms with E-state index < -0.39 is 30.2 Å². The minimum atomic E-state index is -1.25. The van der Waals surface area contributed by atoms with Gasteiger partial charge in [0.25, 0.3) is 0 Å². The number of aliphatic hydroxyl groups is 3. The van der Waals surface area contributed by atoms with Crippen molar-refractivity contribution in [1.29, 1.82) is 0 Å². The average molecular weight is 326 g/mol. The third-order valence-electron chi connectivity index (χ3n) is 3.05. The van der Waals surface area contributed by atoms with Crippen LogP contribution < -0.4 is 0 Å². The van der Waals surface area contributed by atoms with Gasteiger partial charge in [0.1, 0.15) is 24.4 Å². The molecule has 1 aliphatic rings. The molecule has 0 bridgehead atoms. The summed E-state index contributed by atoms with van der Waals surface area (Å²) < 4.78 is 10.7. The predicted octanol–water partition coefficient (Wildman–Crippen LogP) is 1.05. The summed E-state index contributed by atoms with van der Waals surface area (Å²) in [7, 11) is 0. The lowest BCUT2D eigenvalue weighted by atomic mass is 10.0. The van der Waals surface area contributed by atoms with Gasteiger partial charge in [-0.1, -0.05) is 13.8 Å². The number of rotatable bonds is 8. The highest BCUT2D eigenvalue weighted by molar-refractivity contribution is 8.17. The van der Waals surface area contributed by atoms with Gasteiger partial charge in [-0.15, -0.1) is 23.5 Å². The maximum Gasteiger partial charge on any atom is 0.163 e. The molecule has 1 fully saturated rings. The van der Waals surface area contributed by atoms with Crippen molar-refractivity contribution in [2.24, 2.45) is 0 Å². The topological polar surface area (TPSA) is 79.2 Å². The molecule has 20 heavy (non-hydrogen) atoms. The van der Waals surface area contributed by atoms with Crippen molar-refractivity contribution in [1.82, 2.24) is 0 Å². The standard InChI is InChI=1S/C13H26O5S2/c1-5-19-12(20-6-2)11(16)10(15)9(14)8-7-17-13(3,4)18-8/h8-12,14-16H,5-7H2,1-4H3/t8-,9-,10+,11+/m1/s1. The molecule has 1 heterocycles. The fraction of sp³-hybridized carbons (Fsp3) is 1.00. The van der Waals surface area contributed by atoms with Gasteiger partial charge in [-0.05, 0) is 25.4 Å². The lowest BCUT2D eigenvalue weighted by molar-refractivity contribution is -0.167. The zero-order valence-corrected chi connectivity index (χ0v) is 14.1. The normalized spacial score (nSPS) is 26.7. The number of aliphatic hydroxyl groups excluding tert-OH is 3. The first-order chi connectivity index (χ1) is 9.32. The molecule has 0 aromatic carbocycles. The van der Waals surface area contributed by atoms with Gasteiger partial charge in [-0.25, -0.2) is 0 Å². The van der Waals surface area contributed by atoms with Crippen LogP contribution in [0.2, 0.25) is 0 Å². The molecule has 1 saturated heterocycles. The molecule has 0 aliphatic carbocycles. The van der Waals surface area contributed by atoms with E-state index in [1.165, 1.54) is 0 Å². The minimum absolute atomic E-state index is 0.162. The lowest BCUT2D eigenvalue weighted by Gasteiger charge is -2.30. The van der Waals surface area contributed by atoms with E-state index in [4.69, 9.17) is 9.47 Å². The fourth-order valence-electron chi connectivity index (χ4n) is 2.04. The van der Waals surface area contributed by atoms with Crippen molar-refractivity contribution in [2.75, 3.05) is 18.1 Å². The maximum atomic E-state index is 10.3. The molecule has 1 rings (SSSR count). The van der Waals surface area contributed by atoms with Crippen molar-refractivity contribution < 1.29 is 24.8 Å². The monoisotopic (exact) mass is 326 g/mol. The van der Waals surface area contributed by atoms with Gasteiger partial charge in [0, 0.05) is 0 Å². The SMILES string of the molecule is CCSC(SCC)[C@@H](O)[C@@H](O)[C@H](O)[C@H]1COC(C)(C)O1. The molecule has 1 aliphatic heterocycles. The molecule has 3 N–H and O–H groups in total. The van der Waals surface area contributed by atoms with Gasteiger partial charge in [0.2, 0.25) is 0 Å². The average Bonchev–Trinajstić information content (AvgIpc) is 2.76. The Kier molecular flexibility index (Phi) is 7.62. The zero-order valence-electron chi connectivity index (χ0n) is 12.5. The van der Waals surface area contributed by atoms with Crippen LogP contribution in [-0.2, 0) is 9.47 Å². The fourth-order valence-corrected chi connectivity index (χ4v) is 4.62. The van der Waals surface area contributed by atoms with Gasteiger partial charge in [0.05, 0.1) is 11.2 Å². The van der Waals surface area contributed by atoms with Crippen molar-refractivity contribution in [2.45, 2.75) is 62.5 Å². The summed E-state index contributed by atoms with van der Waals surface area (Å²) in [4.78, 5) is 0. The number of ether oxygens (including phenoxy) is 2. The van der Waals surface area contributed by atoms with Crippen LogP contribution in [0.15, 0.2) is 0 Å². The molecule has 0 aromatic heterocycles. The third-order valence-corrected chi connectivity index (χ3v) is 5.75. The van der Waals surface area contributed by atoms with E-state index in [-0.39, 0.29) is 11.2 Å². The highest BCUT2D eigenvalue weighted by Gasteiger charge is 2.42. The minimum Gasteiger partial charge on any atom is -0.388 e. The Hall–Kier alpha value is 0.500. The first-order valence-corrected chi connectivity index (χ1v) is 9.01. The molecule has 5 nitrogen and oxygen atoms in total. The summed E-state index contributed by atoms with van der Waals surface area (Å²) in [6.07, 6.45) is -4.04. The van der Waals surface area contributed by atoms with E-state index in [2.05, 4.69) is 0 Å². The van der Waals surface area contributed by atoms with Crippen LogP contribution in [0, 0.1) is 0 Å². The second-order valence-electron chi connectivity index (χ2n) is 5.12. The summed E-state index contributed by atoms with van der Waals surface area (Å²) in [6.45, 7) is 7.72.